The summed E-state index contributed by atoms with van der Waals surface area (Å²) < 4.78 is 0.640. The summed E-state index contributed by atoms with van der Waals surface area (Å²) in [5.41, 5.74) is 14.5. The van der Waals surface area contributed by atoms with Gasteiger partial charge in [-0.25, -0.2) is 0 Å². The van der Waals surface area contributed by atoms with Gasteiger partial charge in [-0.1, -0.05) is 40.8 Å². The van der Waals surface area contributed by atoms with E-state index in [1.54, 1.807) is 40.7 Å². The number of nitrogens with zero attached hydrogens (tertiary/aromatic N) is 1. The minimum atomic E-state index is -1.25. The van der Waals surface area contributed by atoms with Crippen LogP contribution >= 0.6 is 0 Å². The summed E-state index contributed by atoms with van der Waals surface area (Å²) in [6.07, 6.45) is 4.73. The van der Waals surface area contributed by atoms with E-state index in [0.29, 0.717) is 15.5 Å². The number of rotatable bonds is 3. The van der Waals surface area contributed by atoms with Crippen LogP contribution in [-0.2, 0) is 30.1 Å². The Kier molecular flexibility index (Phi) is 9.80. The Hall–Kier alpha value is -1.25. The predicted octanol–water partition coefficient (Wildman–Crippen LogP) is 3.71. The first-order chi connectivity index (χ1) is 17.7. The van der Waals surface area contributed by atoms with E-state index >= 15 is 0 Å². The zero-order valence-corrected chi connectivity index (χ0v) is 30.6. The van der Waals surface area contributed by atoms with Crippen molar-refractivity contribution < 1.29 is 49.5 Å². The minimum absolute atomic E-state index is 0. The van der Waals surface area contributed by atoms with E-state index in [-0.39, 0.29) is 30.2 Å². The molecular formula is C35H42Cl2NSiZr. The summed E-state index contributed by atoms with van der Waals surface area (Å²) in [6.45, 7) is 23.1. The normalized spacial score (nSPS) is 19.6. The van der Waals surface area contributed by atoms with Crippen molar-refractivity contribution in [3.8, 4) is 11.1 Å². The van der Waals surface area contributed by atoms with Crippen LogP contribution in [0.4, 0.5) is 0 Å². The second kappa shape index (κ2) is 11.8. The summed E-state index contributed by atoms with van der Waals surface area (Å²) in [6, 6.07) is 15.8. The standard InChI is InChI=1S/C20H21.C15H21NSi.2ClH.Zr/c1-14-12-16-6-5-7-18(19(16)13-14)15-8-10-17(11-9-15)20(2,3)4;1-8(2)11-7-10-13(16-11)15-12(9(3)4)14(10)17(15,5)6;;;/h5-13H,1-4H3;7-9H,1-6H3;2*1H;/q;;;;+2/p-2. The van der Waals surface area contributed by atoms with E-state index in [1.807, 2.05) is 0 Å². The van der Waals surface area contributed by atoms with E-state index in [9.17, 15) is 0 Å². The number of allylic oxidation sites excluding steroid dienone is 5. The van der Waals surface area contributed by atoms with E-state index in [1.165, 1.54) is 50.4 Å². The molecule has 2 aromatic carbocycles. The van der Waals surface area contributed by atoms with E-state index in [0.717, 1.165) is 0 Å². The Morgan fingerprint density at radius 2 is 1.48 bits per heavy atom. The molecule has 0 amide bonds. The van der Waals surface area contributed by atoms with Gasteiger partial charge in [-0.15, -0.1) is 0 Å². The van der Waals surface area contributed by atoms with Crippen LogP contribution in [-0.4, -0.2) is 13.8 Å². The Morgan fingerprint density at radius 1 is 0.850 bits per heavy atom. The number of halogens is 2. The van der Waals surface area contributed by atoms with Crippen LogP contribution in [0.3, 0.4) is 0 Å². The van der Waals surface area contributed by atoms with Gasteiger partial charge in [-0.3, -0.25) is 4.99 Å². The summed E-state index contributed by atoms with van der Waals surface area (Å²) >= 11 is 1.58. The molecule has 2 aromatic rings. The first-order valence-corrected chi connectivity index (χ1v) is 18.6. The van der Waals surface area contributed by atoms with Crippen molar-refractivity contribution in [2.24, 2.45) is 16.8 Å². The minimum Gasteiger partial charge on any atom is -1.00 e. The molecule has 0 spiro atoms. The molecule has 0 N–H and O–H groups in total. The third-order valence-electron chi connectivity index (χ3n) is 8.59. The van der Waals surface area contributed by atoms with Crippen LogP contribution in [0.5, 0.6) is 0 Å². The van der Waals surface area contributed by atoms with Crippen molar-refractivity contribution in [1.82, 2.24) is 0 Å². The topological polar surface area (TPSA) is 12.4 Å². The van der Waals surface area contributed by atoms with Crippen LogP contribution in [0.25, 0.3) is 17.2 Å². The number of hydrogen-bond acceptors (Lipinski definition) is 1. The van der Waals surface area contributed by atoms with Crippen molar-refractivity contribution in [2.45, 2.75) is 77.5 Å². The van der Waals surface area contributed by atoms with Crippen molar-refractivity contribution in [3.05, 3.63) is 98.0 Å². The van der Waals surface area contributed by atoms with Gasteiger partial charge in [0, 0.05) is 11.3 Å². The van der Waals surface area contributed by atoms with Crippen molar-refractivity contribution in [2.75, 3.05) is 0 Å². The van der Waals surface area contributed by atoms with Crippen LogP contribution < -0.4 is 24.8 Å². The Balaban J connectivity index is 0.000000214. The van der Waals surface area contributed by atoms with Gasteiger partial charge in [0.15, 0.2) is 0 Å². The van der Waals surface area contributed by atoms with Crippen LogP contribution in [0.15, 0.2) is 86.3 Å². The predicted molar refractivity (Wildman–Crippen MR) is 164 cm³/mol. The van der Waals surface area contributed by atoms with Gasteiger partial charge in [0.1, 0.15) is 8.07 Å². The Bertz CT molecular complexity index is 1480. The monoisotopic (exact) mass is 664 g/mol. The quantitative estimate of drug-likeness (QED) is 0.444. The molecule has 0 aromatic heterocycles. The first-order valence-electron chi connectivity index (χ1n) is 14.2. The zero-order chi connectivity index (χ0) is 27.7. The molecule has 7 rings (SSSR count). The molecule has 0 fully saturated rings. The molecule has 0 saturated heterocycles. The van der Waals surface area contributed by atoms with Gasteiger partial charge in [-0.2, -0.15) is 0 Å². The molecule has 5 aliphatic rings. The van der Waals surface area contributed by atoms with E-state index in [4.69, 9.17) is 4.99 Å². The third-order valence-corrected chi connectivity index (χ3v) is 14.0. The fourth-order valence-corrected chi connectivity index (χ4v) is 11.1. The molecule has 3 aliphatic heterocycles. The molecule has 1 nitrogen and oxygen atoms in total. The van der Waals surface area contributed by atoms with Crippen molar-refractivity contribution in [3.63, 3.8) is 0 Å². The fourth-order valence-electron chi connectivity index (χ4n) is 6.41. The summed E-state index contributed by atoms with van der Waals surface area (Å²) in [5.74, 6) is 1.21. The van der Waals surface area contributed by atoms with Gasteiger partial charge in [0.05, 0.1) is 5.70 Å². The van der Waals surface area contributed by atoms with Crippen molar-refractivity contribution in [1.29, 1.82) is 0 Å². The molecule has 2 aliphatic carbocycles. The smallest absolute Gasteiger partial charge is 1.00 e. The second-order valence-corrected chi connectivity index (χ2v) is 19.2. The molecule has 209 valence electrons. The molecule has 3 heterocycles. The van der Waals surface area contributed by atoms with Gasteiger partial charge in [0.25, 0.3) is 0 Å². The van der Waals surface area contributed by atoms with Crippen LogP contribution in [0.1, 0.15) is 75.7 Å². The molecule has 5 heteroatoms. The first kappa shape index (κ1) is 33.3. The van der Waals surface area contributed by atoms with Gasteiger partial charge in [0.2, 0.25) is 0 Å². The number of hydrogen-bond donors (Lipinski definition) is 0. The fraction of sp³-hybridized carbons (Fsp3) is 0.400. The number of aliphatic imine (C=N–C) groups is 1. The SMILES string of the molecule is CC(C)C1=NC2=C3C(C(C)C)=C(C2=C1)[Si]3(C)C.CC1=Cc2c(-c3ccc(C(C)(C)C)cc3)cccc2[CH]1[Zr+2].[Cl-].[Cl-]. The Morgan fingerprint density at radius 3 is 2.00 bits per heavy atom. The molecule has 1 atom stereocenters. The number of fused-ring (bicyclic) bond motifs is 1. The Labute approximate surface area is 271 Å². The maximum absolute atomic E-state index is 4.90. The van der Waals surface area contributed by atoms with E-state index < -0.39 is 8.07 Å². The van der Waals surface area contributed by atoms with Crippen LogP contribution in [0, 0.1) is 11.8 Å². The molecule has 0 radical (unpaired) electrons. The maximum atomic E-state index is 4.90. The zero-order valence-electron chi connectivity index (χ0n) is 25.6. The van der Waals surface area contributed by atoms with Crippen molar-refractivity contribution >= 4 is 19.9 Å². The summed E-state index contributed by atoms with van der Waals surface area (Å²) in [4.78, 5) is 4.90. The largest absolute Gasteiger partial charge is 1.00 e. The van der Waals surface area contributed by atoms with Crippen LogP contribution in [0.2, 0.25) is 13.1 Å². The second-order valence-electron chi connectivity index (χ2n) is 13.5. The van der Waals surface area contributed by atoms with E-state index in [2.05, 4.69) is 123 Å². The maximum Gasteiger partial charge on any atom is -1.00 e. The third kappa shape index (κ3) is 5.46. The molecule has 1 unspecified atom stereocenters. The molecule has 0 saturated carbocycles. The summed E-state index contributed by atoms with van der Waals surface area (Å²) in [5, 5.41) is 3.36. The summed E-state index contributed by atoms with van der Waals surface area (Å²) in [7, 11) is -1.25. The van der Waals surface area contributed by atoms with Gasteiger partial charge >= 0.3 is 143 Å². The molecule has 2 bridgehead atoms. The molecule has 40 heavy (non-hydrogen) atoms. The number of benzene rings is 2. The average molecular weight is 667 g/mol. The van der Waals surface area contributed by atoms with Gasteiger partial charge in [-0.05, 0) is 33.9 Å². The molecular weight excluding hydrogens is 625 g/mol. The average Bonchev–Trinajstić information content (AvgIpc) is 3.53. The van der Waals surface area contributed by atoms with Gasteiger partial charge < -0.3 is 24.8 Å².